The van der Waals surface area contributed by atoms with Crippen molar-refractivity contribution in [3.63, 3.8) is 0 Å². The topological polar surface area (TPSA) is 93.2 Å². The van der Waals surface area contributed by atoms with E-state index in [1.54, 1.807) is 12.1 Å². The van der Waals surface area contributed by atoms with Crippen molar-refractivity contribution in [3.05, 3.63) is 28.3 Å². The predicted molar refractivity (Wildman–Crippen MR) is 76.3 cm³/mol. The molecule has 0 heterocycles. The van der Waals surface area contributed by atoms with Crippen LogP contribution in [0.3, 0.4) is 0 Å². The van der Waals surface area contributed by atoms with Gasteiger partial charge in [-0.15, -0.1) is 0 Å². The van der Waals surface area contributed by atoms with Gasteiger partial charge in [-0.05, 0) is 30.9 Å². The molecule has 1 aromatic rings. The van der Waals surface area contributed by atoms with Gasteiger partial charge in [0.25, 0.3) is 5.69 Å². The van der Waals surface area contributed by atoms with Gasteiger partial charge < -0.3 is 10.7 Å². The molecule has 0 amide bonds. The lowest BCUT2D eigenvalue weighted by molar-refractivity contribution is -0.383. The average Bonchev–Trinajstić information content (AvgIpc) is 2.46. The Kier molecular flexibility index (Phi) is 4.56. The molecule has 6 nitrogen and oxygen atoms in total. The quantitative estimate of drug-likeness (QED) is 0.441. The Bertz CT molecular complexity index is 515. The number of rotatable bonds is 5. The summed E-state index contributed by atoms with van der Waals surface area (Å²) in [5, 5.41) is 14.0. The van der Waals surface area contributed by atoms with Crippen molar-refractivity contribution in [1.29, 1.82) is 0 Å². The first kappa shape index (κ1) is 15.4. The van der Waals surface area contributed by atoms with E-state index in [2.05, 4.69) is 10.7 Å². The minimum Gasteiger partial charge on any atom is -0.379 e. The molecule has 1 aliphatic rings. The average molecular weight is 300 g/mol. The SMILES string of the molecule is NNc1ccc(NCC2CCC(F)(F)CC2)c([N+](=O)[O-])c1. The van der Waals surface area contributed by atoms with Crippen molar-refractivity contribution < 1.29 is 13.7 Å². The Morgan fingerprint density at radius 2 is 2.05 bits per heavy atom. The Morgan fingerprint density at radius 1 is 1.38 bits per heavy atom. The van der Waals surface area contributed by atoms with Crippen molar-refractivity contribution >= 4 is 17.1 Å². The highest BCUT2D eigenvalue weighted by molar-refractivity contribution is 5.67. The number of anilines is 2. The number of nitrogens with zero attached hydrogens (tertiary/aromatic N) is 1. The van der Waals surface area contributed by atoms with Crippen molar-refractivity contribution in [1.82, 2.24) is 0 Å². The van der Waals surface area contributed by atoms with Gasteiger partial charge in [-0.25, -0.2) is 8.78 Å². The Hall–Kier alpha value is -1.96. The molecule has 116 valence electrons. The number of nitro groups is 1. The molecular formula is C13H18F2N4O2. The van der Waals surface area contributed by atoms with E-state index in [0.29, 0.717) is 30.8 Å². The van der Waals surface area contributed by atoms with E-state index in [1.165, 1.54) is 6.07 Å². The molecule has 0 aliphatic heterocycles. The third-order valence-corrected chi connectivity index (χ3v) is 3.78. The number of alkyl halides is 2. The molecule has 0 atom stereocenters. The molecule has 1 aliphatic carbocycles. The molecule has 1 aromatic carbocycles. The van der Waals surface area contributed by atoms with Crippen molar-refractivity contribution in [2.45, 2.75) is 31.6 Å². The third kappa shape index (κ3) is 4.01. The number of nitrogens with one attached hydrogen (secondary N) is 2. The van der Waals surface area contributed by atoms with Crippen molar-refractivity contribution in [3.8, 4) is 0 Å². The zero-order valence-corrected chi connectivity index (χ0v) is 11.4. The maximum absolute atomic E-state index is 13.1. The summed E-state index contributed by atoms with van der Waals surface area (Å²) in [5.41, 5.74) is 3.06. The highest BCUT2D eigenvalue weighted by atomic mass is 19.3. The molecule has 21 heavy (non-hydrogen) atoms. The lowest BCUT2D eigenvalue weighted by Crippen LogP contribution is -2.28. The Balaban J connectivity index is 1.98. The van der Waals surface area contributed by atoms with Gasteiger partial charge in [0.2, 0.25) is 5.92 Å². The molecule has 0 saturated heterocycles. The first-order chi connectivity index (χ1) is 9.91. The van der Waals surface area contributed by atoms with Crippen LogP contribution in [0.2, 0.25) is 0 Å². The van der Waals surface area contributed by atoms with Crippen LogP contribution in [0.25, 0.3) is 0 Å². The van der Waals surface area contributed by atoms with Gasteiger partial charge in [0.1, 0.15) is 5.69 Å². The monoisotopic (exact) mass is 300 g/mol. The number of nitrogens with two attached hydrogens (primary N) is 1. The van der Waals surface area contributed by atoms with Gasteiger partial charge in [-0.2, -0.15) is 0 Å². The summed E-state index contributed by atoms with van der Waals surface area (Å²) in [4.78, 5) is 10.5. The van der Waals surface area contributed by atoms with Crippen LogP contribution in [0.1, 0.15) is 25.7 Å². The van der Waals surface area contributed by atoms with Gasteiger partial charge in [0.15, 0.2) is 0 Å². The molecule has 0 radical (unpaired) electrons. The van der Waals surface area contributed by atoms with Crippen LogP contribution in [-0.2, 0) is 0 Å². The summed E-state index contributed by atoms with van der Waals surface area (Å²) >= 11 is 0. The third-order valence-electron chi connectivity index (χ3n) is 3.78. The first-order valence-corrected chi connectivity index (χ1v) is 6.78. The van der Waals surface area contributed by atoms with Crippen LogP contribution < -0.4 is 16.6 Å². The molecule has 0 bridgehead atoms. The van der Waals surface area contributed by atoms with Crippen molar-refractivity contribution in [2.24, 2.45) is 11.8 Å². The maximum atomic E-state index is 13.1. The van der Waals surface area contributed by atoms with Crippen LogP contribution in [-0.4, -0.2) is 17.4 Å². The molecule has 2 rings (SSSR count). The zero-order chi connectivity index (χ0) is 15.5. The fourth-order valence-corrected chi connectivity index (χ4v) is 2.48. The van der Waals surface area contributed by atoms with E-state index in [9.17, 15) is 18.9 Å². The molecule has 0 aromatic heterocycles. The van der Waals surface area contributed by atoms with Crippen LogP contribution in [0.4, 0.5) is 25.8 Å². The fourth-order valence-electron chi connectivity index (χ4n) is 2.48. The minimum atomic E-state index is -2.56. The zero-order valence-electron chi connectivity index (χ0n) is 11.4. The van der Waals surface area contributed by atoms with Gasteiger partial charge >= 0.3 is 0 Å². The van der Waals surface area contributed by atoms with Gasteiger partial charge in [-0.3, -0.25) is 16.0 Å². The van der Waals surface area contributed by atoms with E-state index < -0.39 is 10.8 Å². The second-order valence-electron chi connectivity index (χ2n) is 5.31. The lowest BCUT2D eigenvalue weighted by atomic mass is 9.87. The molecule has 8 heteroatoms. The normalized spacial score (nSPS) is 18.2. The van der Waals surface area contributed by atoms with Gasteiger partial charge in [0.05, 0.1) is 10.6 Å². The highest BCUT2D eigenvalue weighted by Gasteiger charge is 2.34. The largest absolute Gasteiger partial charge is 0.379 e. The van der Waals surface area contributed by atoms with Crippen molar-refractivity contribution in [2.75, 3.05) is 17.3 Å². The fraction of sp³-hybridized carbons (Fsp3) is 0.538. The summed E-state index contributed by atoms with van der Waals surface area (Å²) in [6, 6.07) is 4.51. The van der Waals surface area contributed by atoms with E-state index in [1.807, 2.05) is 0 Å². The summed E-state index contributed by atoms with van der Waals surface area (Å²) < 4.78 is 26.1. The second kappa shape index (κ2) is 6.21. The standard InChI is InChI=1S/C13H18F2N4O2/c14-13(15)5-3-9(4-6-13)8-17-11-2-1-10(18-16)7-12(11)19(20)21/h1-2,7,9,17-18H,3-6,8,16H2. The van der Waals surface area contributed by atoms with E-state index in [0.717, 1.165) is 0 Å². The molecule has 1 fully saturated rings. The van der Waals surface area contributed by atoms with E-state index in [4.69, 9.17) is 5.84 Å². The highest BCUT2D eigenvalue weighted by Crippen LogP contribution is 2.36. The number of hydrogen-bond donors (Lipinski definition) is 3. The number of benzene rings is 1. The van der Waals surface area contributed by atoms with Crippen LogP contribution in [0, 0.1) is 16.0 Å². The second-order valence-corrected chi connectivity index (χ2v) is 5.31. The van der Waals surface area contributed by atoms with Crippen LogP contribution in [0.5, 0.6) is 0 Å². The molecule has 0 spiro atoms. The van der Waals surface area contributed by atoms with Gasteiger partial charge in [-0.1, -0.05) is 0 Å². The molecule has 1 saturated carbocycles. The Labute approximate surface area is 120 Å². The Morgan fingerprint density at radius 3 is 2.62 bits per heavy atom. The maximum Gasteiger partial charge on any atom is 0.294 e. The number of nitro benzene ring substituents is 1. The number of hydrazine groups is 1. The number of halogens is 2. The minimum absolute atomic E-state index is 0.0911. The summed E-state index contributed by atoms with van der Waals surface area (Å²) in [7, 11) is 0. The smallest absolute Gasteiger partial charge is 0.294 e. The van der Waals surface area contributed by atoms with E-state index in [-0.39, 0.29) is 24.4 Å². The molecule has 0 unspecified atom stereocenters. The molecule has 4 N–H and O–H groups in total. The number of hydrogen-bond acceptors (Lipinski definition) is 5. The lowest BCUT2D eigenvalue weighted by Gasteiger charge is -2.28. The first-order valence-electron chi connectivity index (χ1n) is 6.78. The summed E-state index contributed by atoms with van der Waals surface area (Å²) in [6.07, 6.45) is 0.626. The van der Waals surface area contributed by atoms with E-state index >= 15 is 0 Å². The van der Waals surface area contributed by atoms with Crippen LogP contribution in [0.15, 0.2) is 18.2 Å². The van der Waals surface area contributed by atoms with Crippen LogP contribution >= 0.6 is 0 Å². The summed E-state index contributed by atoms with van der Waals surface area (Å²) in [6.45, 7) is 0.451. The predicted octanol–water partition coefficient (Wildman–Crippen LogP) is 3.12. The molecular weight excluding hydrogens is 282 g/mol. The number of nitrogen functional groups attached to an aromatic ring is 1. The van der Waals surface area contributed by atoms with Gasteiger partial charge in [0, 0.05) is 25.5 Å². The summed E-state index contributed by atoms with van der Waals surface area (Å²) in [5.74, 6) is 2.77.